The Labute approximate surface area is 180 Å². The minimum atomic E-state index is -0.443. The lowest BCUT2D eigenvalue weighted by Crippen LogP contribution is -2.60. The Bertz CT molecular complexity index is 978. The molecule has 0 bridgehead atoms. The second-order valence-electron chi connectivity index (χ2n) is 9.36. The molecule has 0 spiro atoms. The topological polar surface area (TPSA) is 123 Å². The summed E-state index contributed by atoms with van der Waals surface area (Å²) in [5.74, 6) is 1.75. The first-order valence-electron chi connectivity index (χ1n) is 10.3. The van der Waals surface area contributed by atoms with Gasteiger partial charge in [0.05, 0.1) is 4.92 Å². The van der Waals surface area contributed by atoms with E-state index >= 15 is 0 Å². The van der Waals surface area contributed by atoms with E-state index in [1.165, 1.54) is 6.33 Å². The van der Waals surface area contributed by atoms with Crippen molar-refractivity contribution in [3.63, 3.8) is 0 Å². The third kappa shape index (κ3) is 4.79. The summed E-state index contributed by atoms with van der Waals surface area (Å²) in [5.41, 5.74) is 0.550. The number of nitro groups is 1. The largest absolute Gasteiger partial charge is 0.454 e. The van der Waals surface area contributed by atoms with Crippen LogP contribution in [0.25, 0.3) is 0 Å². The zero-order valence-electron chi connectivity index (χ0n) is 18.2. The molecule has 1 saturated heterocycles. The summed E-state index contributed by atoms with van der Waals surface area (Å²) in [5, 5.41) is 21.9. The van der Waals surface area contributed by atoms with Gasteiger partial charge >= 0.3 is 5.69 Å². The highest BCUT2D eigenvalue weighted by atomic mass is 16.7. The molecule has 0 atom stereocenters. The van der Waals surface area contributed by atoms with Gasteiger partial charge in [-0.25, -0.2) is 9.97 Å². The summed E-state index contributed by atoms with van der Waals surface area (Å²) in [6.45, 7) is 9.08. The van der Waals surface area contributed by atoms with Crippen LogP contribution in [-0.4, -0.2) is 38.8 Å². The second kappa shape index (κ2) is 7.84. The molecule has 0 unspecified atom stereocenters. The van der Waals surface area contributed by atoms with Crippen molar-refractivity contribution in [1.29, 1.82) is 0 Å². The molecular formula is C21H28N6O4. The number of ether oxygens (including phenoxy) is 2. The van der Waals surface area contributed by atoms with Gasteiger partial charge in [-0.1, -0.05) is 6.07 Å². The molecule has 10 heteroatoms. The van der Waals surface area contributed by atoms with Crippen LogP contribution >= 0.6 is 0 Å². The smallest absolute Gasteiger partial charge is 0.353 e. The molecule has 3 heterocycles. The predicted octanol–water partition coefficient (Wildman–Crippen LogP) is 3.45. The van der Waals surface area contributed by atoms with E-state index < -0.39 is 4.92 Å². The molecule has 31 heavy (non-hydrogen) atoms. The van der Waals surface area contributed by atoms with Crippen molar-refractivity contribution in [2.24, 2.45) is 0 Å². The first-order valence-corrected chi connectivity index (χ1v) is 10.3. The van der Waals surface area contributed by atoms with Crippen molar-refractivity contribution < 1.29 is 14.4 Å². The number of aromatic nitrogens is 2. The Balaban J connectivity index is 1.53. The van der Waals surface area contributed by atoms with Gasteiger partial charge in [0.15, 0.2) is 11.5 Å². The van der Waals surface area contributed by atoms with E-state index in [4.69, 9.17) is 9.47 Å². The van der Waals surface area contributed by atoms with E-state index in [0.717, 1.165) is 18.4 Å². The van der Waals surface area contributed by atoms with Crippen molar-refractivity contribution in [2.45, 2.75) is 64.2 Å². The van der Waals surface area contributed by atoms with Crippen LogP contribution in [0, 0.1) is 10.1 Å². The molecule has 2 aromatic rings. The average molecular weight is 428 g/mol. The molecule has 0 saturated carbocycles. The van der Waals surface area contributed by atoms with Gasteiger partial charge in [-0.3, -0.25) is 10.1 Å². The van der Waals surface area contributed by atoms with E-state index in [1.54, 1.807) is 0 Å². The van der Waals surface area contributed by atoms with Gasteiger partial charge in [0.25, 0.3) is 0 Å². The van der Waals surface area contributed by atoms with Gasteiger partial charge in [-0.05, 0) is 58.2 Å². The first kappa shape index (κ1) is 21.1. The highest BCUT2D eigenvalue weighted by molar-refractivity contribution is 5.69. The molecule has 2 aliphatic rings. The SMILES string of the molecule is CC1(C)CC(Nc2ncnc(NCc3ccc4c(c3)OCO4)c2[N+](=O)[O-])CC(C)(C)N1. The van der Waals surface area contributed by atoms with Crippen LogP contribution in [-0.2, 0) is 6.54 Å². The van der Waals surface area contributed by atoms with E-state index in [0.29, 0.717) is 18.0 Å². The lowest BCUT2D eigenvalue weighted by Gasteiger charge is -2.46. The minimum absolute atomic E-state index is 0.0431. The highest BCUT2D eigenvalue weighted by Gasteiger charge is 2.38. The Kier molecular flexibility index (Phi) is 5.34. The third-order valence-corrected chi connectivity index (χ3v) is 5.43. The van der Waals surface area contributed by atoms with Gasteiger partial charge in [-0.15, -0.1) is 0 Å². The van der Waals surface area contributed by atoms with Crippen LogP contribution in [0.4, 0.5) is 17.3 Å². The average Bonchev–Trinajstić information content (AvgIpc) is 3.11. The lowest BCUT2D eigenvalue weighted by molar-refractivity contribution is -0.383. The Morgan fingerprint density at radius 1 is 1.13 bits per heavy atom. The summed E-state index contributed by atoms with van der Waals surface area (Å²) in [6, 6.07) is 5.59. The normalized spacial score (nSPS) is 19.1. The fourth-order valence-corrected chi connectivity index (χ4v) is 4.64. The number of rotatable bonds is 6. The monoisotopic (exact) mass is 428 g/mol. The number of hydrogen-bond donors (Lipinski definition) is 3. The molecular weight excluding hydrogens is 400 g/mol. The number of piperidine rings is 1. The summed E-state index contributed by atoms with van der Waals surface area (Å²) in [4.78, 5) is 19.8. The maximum Gasteiger partial charge on any atom is 0.353 e. The summed E-state index contributed by atoms with van der Waals surface area (Å²) >= 11 is 0. The zero-order valence-corrected chi connectivity index (χ0v) is 18.2. The summed E-state index contributed by atoms with van der Waals surface area (Å²) < 4.78 is 10.7. The molecule has 0 radical (unpaired) electrons. The molecule has 166 valence electrons. The molecule has 1 aromatic heterocycles. The van der Waals surface area contributed by atoms with Crippen LogP contribution in [0.5, 0.6) is 11.5 Å². The number of fused-ring (bicyclic) bond motifs is 1. The second-order valence-corrected chi connectivity index (χ2v) is 9.36. The number of nitrogens with zero attached hydrogens (tertiary/aromatic N) is 3. The molecule has 2 aliphatic heterocycles. The maximum atomic E-state index is 11.9. The standard InChI is InChI=1S/C21H28N6O4/c1-20(2)8-14(9-21(3,4)26-20)25-19-17(27(28)29)18(23-11-24-19)22-10-13-5-6-15-16(7-13)31-12-30-15/h5-7,11,14,26H,8-10,12H2,1-4H3,(H2,22,23,24,25). The van der Waals surface area contributed by atoms with Gasteiger partial charge in [0.1, 0.15) is 6.33 Å². The first-order chi connectivity index (χ1) is 14.6. The van der Waals surface area contributed by atoms with E-state index in [9.17, 15) is 10.1 Å². The fourth-order valence-electron chi connectivity index (χ4n) is 4.64. The lowest BCUT2D eigenvalue weighted by atomic mass is 9.79. The number of benzene rings is 1. The van der Waals surface area contributed by atoms with Gasteiger partial charge < -0.3 is 25.4 Å². The molecule has 4 rings (SSSR count). The fraction of sp³-hybridized carbons (Fsp3) is 0.524. The maximum absolute atomic E-state index is 11.9. The Morgan fingerprint density at radius 3 is 2.52 bits per heavy atom. The highest BCUT2D eigenvalue weighted by Crippen LogP contribution is 2.35. The molecule has 3 N–H and O–H groups in total. The van der Waals surface area contributed by atoms with E-state index in [-0.39, 0.29) is 41.2 Å². The van der Waals surface area contributed by atoms with Crippen LogP contribution in [0.3, 0.4) is 0 Å². The van der Waals surface area contributed by atoms with Gasteiger partial charge in [-0.2, -0.15) is 0 Å². The van der Waals surface area contributed by atoms with Crippen molar-refractivity contribution >= 4 is 17.3 Å². The third-order valence-electron chi connectivity index (χ3n) is 5.43. The van der Waals surface area contributed by atoms with E-state index in [1.807, 2.05) is 18.2 Å². The van der Waals surface area contributed by atoms with Crippen molar-refractivity contribution in [2.75, 3.05) is 17.4 Å². The van der Waals surface area contributed by atoms with E-state index in [2.05, 4.69) is 53.6 Å². The Morgan fingerprint density at radius 2 is 1.81 bits per heavy atom. The van der Waals surface area contributed by atoms with Crippen LogP contribution in [0.1, 0.15) is 46.1 Å². The number of anilines is 2. The molecule has 0 amide bonds. The molecule has 10 nitrogen and oxygen atoms in total. The number of hydrogen-bond acceptors (Lipinski definition) is 9. The summed E-state index contributed by atoms with van der Waals surface area (Å²) in [7, 11) is 0. The van der Waals surface area contributed by atoms with Crippen molar-refractivity contribution in [1.82, 2.24) is 15.3 Å². The summed E-state index contributed by atoms with van der Waals surface area (Å²) in [6.07, 6.45) is 2.98. The zero-order chi connectivity index (χ0) is 22.2. The molecule has 1 fully saturated rings. The van der Waals surface area contributed by atoms with Gasteiger partial charge in [0.2, 0.25) is 18.4 Å². The predicted molar refractivity (Wildman–Crippen MR) is 117 cm³/mol. The Hall–Kier alpha value is -3.14. The van der Waals surface area contributed by atoms with Crippen molar-refractivity contribution in [3.05, 3.63) is 40.2 Å². The van der Waals surface area contributed by atoms with Crippen LogP contribution in [0.15, 0.2) is 24.5 Å². The number of nitrogens with one attached hydrogen (secondary N) is 3. The van der Waals surface area contributed by atoms with Gasteiger partial charge in [0, 0.05) is 23.7 Å². The molecule has 1 aromatic carbocycles. The van der Waals surface area contributed by atoms with Crippen molar-refractivity contribution in [3.8, 4) is 11.5 Å². The minimum Gasteiger partial charge on any atom is -0.454 e. The molecule has 0 aliphatic carbocycles. The van der Waals surface area contributed by atoms with Crippen LogP contribution < -0.4 is 25.4 Å². The quantitative estimate of drug-likeness (QED) is 0.469. The van der Waals surface area contributed by atoms with Crippen LogP contribution in [0.2, 0.25) is 0 Å².